The van der Waals surface area contributed by atoms with Crippen molar-refractivity contribution >= 4 is 11.9 Å². The molecule has 0 radical (unpaired) electrons. The van der Waals surface area contributed by atoms with E-state index in [4.69, 9.17) is 21.7 Å². The van der Waals surface area contributed by atoms with E-state index in [-0.39, 0.29) is 12.5 Å². The van der Waals surface area contributed by atoms with Crippen LogP contribution in [0.4, 0.5) is 0 Å². The first-order valence-electron chi connectivity index (χ1n) is 11.7. The van der Waals surface area contributed by atoms with Crippen molar-refractivity contribution in [2.45, 2.75) is 73.8 Å². The van der Waals surface area contributed by atoms with Gasteiger partial charge < -0.3 is 27.4 Å². The standard InChI is InChI=1S/C20H31N.C5H11NO2.C2H5NO2/c1-16(8-6-9-17(2)13-15-21)11-12-19-18(3)10-7-14-20(19,4)5;1-3(2)4(6)5(7)8;3-1-2(4)5/h6,8-9,11-13H,7,10,14-15,21H2,1-5H3;3-4H,6H2,1-2H3,(H,7,8);1,3H2,(H,4,5)/t;4-;/m.0./s1. The molecule has 0 heterocycles. The van der Waals surface area contributed by atoms with Crippen LogP contribution in [0, 0.1) is 11.3 Å². The fourth-order valence-electron chi connectivity index (χ4n) is 3.17. The molecule has 0 saturated carbocycles. The summed E-state index contributed by atoms with van der Waals surface area (Å²) in [6.07, 6.45) is 16.8. The lowest BCUT2D eigenvalue weighted by Gasteiger charge is -2.32. The van der Waals surface area contributed by atoms with Crippen LogP contribution in [0.2, 0.25) is 0 Å². The van der Waals surface area contributed by atoms with Gasteiger partial charge in [-0.15, -0.1) is 0 Å². The molecular weight excluding hydrogens is 430 g/mol. The smallest absolute Gasteiger partial charge is 0.320 e. The summed E-state index contributed by atoms with van der Waals surface area (Å²) in [6, 6.07) is -0.713. The second-order valence-electron chi connectivity index (χ2n) is 9.42. The highest BCUT2D eigenvalue weighted by Crippen LogP contribution is 2.40. The molecule has 34 heavy (non-hydrogen) atoms. The minimum absolute atomic E-state index is 0.0208. The van der Waals surface area contributed by atoms with Crippen molar-refractivity contribution in [2.24, 2.45) is 28.5 Å². The van der Waals surface area contributed by atoms with Crippen molar-refractivity contribution in [1.82, 2.24) is 0 Å². The predicted octanol–water partition coefficient (Wildman–Crippen LogP) is 4.56. The monoisotopic (exact) mass is 477 g/mol. The third-order valence-corrected chi connectivity index (χ3v) is 5.39. The first-order chi connectivity index (χ1) is 15.7. The third-order valence-electron chi connectivity index (χ3n) is 5.39. The van der Waals surface area contributed by atoms with Crippen LogP contribution in [0.25, 0.3) is 0 Å². The molecule has 0 aliphatic heterocycles. The molecule has 0 aromatic heterocycles. The molecule has 194 valence electrons. The summed E-state index contributed by atoms with van der Waals surface area (Å²) in [5, 5.41) is 15.8. The highest BCUT2D eigenvalue weighted by Gasteiger charge is 2.26. The average Bonchev–Trinajstić information content (AvgIpc) is 2.73. The predicted molar refractivity (Wildman–Crippen MR) is 142 cm³/mol. The van der Waals surface area contributed by atoms with Gasteiger partial charge in [0.05, 0.1) is 6.54 Å². The van der Waals surface area contributed by atoms with E-state index in [0.717, 1.165) is 0 Å². The Bertz CT molecular complexity index is 788. The van der Waals surface area contributed by atoms with Crippen LogP contribution in [-0.2, 0) is 9.59 Å². The van der Waals surface area contributed by atoms with Gasteiger partial charge in [0.25, 0.3) is 0 Å². The molecule has 0 amide bonds. The minimum atomic E-state index is -0.968. The summed E-state index contributed by atoms with van der Waals surface area (Å²) in [5.74, 6) is -1.88. The fraction of sp³-hybridized carbons (Fsp3) is 0.556. The van der Waals surface area contributed by atoms with Gasteiger partial charge in [-0.3, -0.25) is 9.59 Å². The van der Waals surface area contributed by atoms with Crippen LogP contribution in [0.15, 0.2) is 58.7 Å². The van der Waals surface area contributed by atoms with Gasteiger partial charge in [0, 0.05) is 6.54 Å². The number of aliphatic carboxylic acids is 2. The number of hydrogen-bond acceptors (Lipinski definition) is 5. The van der Waals surface area contributed by atoms with E-state index in [2.05, 4.69) is 70.7 Å². The van der Waals surface area contributed by atoms with Gasteiger partial charge in [0.1, 0.15) is 6.04 Å². The Balaban J connectivity index is 0. The van der Waals surface area contributed by atoms with Gasteiger partial charge in [-0.25, -0.2) is 0 Å². The lowest BCUT2D eigenvalue weighted by Crippen LogP contribution is -2.34. The summed E-state index contributed by atoms with van der Waals surface area (Å²) >= 11 is 0. The zero-order chi connectivity index (χ0) is 26.9. The average molecular weight is 478 g/mol. The van der Waals surface area contributed by atoms with E-state index in [1.54, 1.807) is 19.4 Å². The number of carboxylic acids is 2. The fourth-order valence-corrected chi connectivity index (χ4v) is 3.17. The van der Waals surface area contributed by atoms with E-state index in [1.165, 1.54) is 36.0 Å². The summed E-state index contributed by atoms with van der Waals surface area (Å²) in [4.78, 5) is 19.3. The summed E-state index contributed by atoms with van der Waals surface area (Å²) in [5.41, 5.74) is 21.1. The van der Waals surface area contributed by atoms with Crippen LogP contribution in [0.5, 0.6) is 0 Å². The lowest BCUT2D eigenvalue weighted by atomic mass is 9.72. The summed E-state index contributed by atoms with van der Waals surface area (Å²) in [6.45, 7) is 15.1. The zero-order valence-electron chi connectivity index (χ0n) is 22.1. The molecule has 0 bridgehead atoms. The Morgan fingerprint density at radius 1 is 1.09 bits per heavy atom. The van der Waals surface area contributed by atoms with Crippen LogP contribution in [0.3, 0.4) is 0 Å². The van der Waals surface area contributed by atoms with Gasteiger partial charge in [0.2, 0.25) is 0 Å². The normalized spacial score (nSPS) is 17.3. The van der Waals surface area contributed by atoms with Crippen molar-refractivity contribution < 1.29 is 19.8 Å². The lowest BCUT2D eigenvalue weighted by molar-refractivity contribution is -0.139. The van der Waals surface area contributed by atoms with E-state index >= 15 is 0 Å². The van der Waals surface area contributed by atoms with Gasteiger partial charge >= 0.3 is 11.9 Å². The van der Waals surface area contributed by atoms with Crippen molar-refractivity contribution in [3.05, 3.63) is 58.7 Å². The molecule has 0 saturated heterocycles. The number of nitrogens with two attached hydrogens (primary N) is 3. The minimum Gasteiger partial charge on any atom is -0.480 e. The zero-order valence-corrected chi connectivity index (χ0v) is 22.1. The topological polar surface area (TPSA) is 153 Å². The van der Waals surface area contributed by atoms with Gasteiger partial charge in [-0.2, -0.15) is 0 Å². The van der Waals surface area contributed by atoms with Gasteiger partial charge in [0.15, 0.2) is 0 Å². The van der Waals surface area contributed by atoms with Gasteiger partial charge in [-0.1, -0.05) is 80.9 Å². The Morgan fingerprint density at radius 3 is 2.03 bits per heavy atom. The first kappa shape index (κ1) is 33.7. The van der Waals surface area contributed by atoms with Crippen LogP contribution >= 0.6 is 0 Å². The van der Waals surface area contributed by atoms with Crippen LogP contribution in [-0.4, -0.2) is 41.3 Å². The van der Waals surface area contributed by atoms with Crippen molar-refractivity contribution in [1.29, 1.82) is 0 Å². The Kier molecular flexibility index (Phi) is 17.8. The highest BCUT2D eigenvalue weighted by atomic mass is 16.4. The number of allylic oxidation sites excluding steroid dienone is 9. The van der Waals surface area contributed by atoms with Crippen LogP contribution < -0.4 is 17.2 Å². The molecule has 1 aliphatic carbocycles. The molecule has 0 unspecified atom stereocenters. The number of carbonyl (C=O) groups is 2. The Labute approximate surface area is 206 Å². The largest absolute Gasteiger partial charge is 0.480 e. The first-order valence-corrected chi connectivity index (χ1v) is 11.7. The number of hydrogen-bond donors (Lipinski definition) is 5. The SMILES string of the molecule is CC(C)[C@H](N)C(=O)O.CC(C=CC1=C(C)CCCC1(C)C)=CC=CC(C)=CCN.NCC(=O)O. The molecule has 1 aliphatic rings. The highest BCUT2D eigenvalue weighted by molar-refractivity contribution is 5.73. The Morgan fingerprint density at radius 2 is 1.65 bits per heavy atom. The van der Waals surface area contributed by atoms with E-state index in [1.807, 2.05) is 6.08 Å². The second kappa shape index (κ2) is 17.9. The summed E-state index contributed by atoms with van der Waals surface area (Å²) < 4.78 is 0. The van der Waals surface area contributed by atoms with Crippen molar-refractivity contribution in [3.63, 3.8) is 0 Å². The maximum absolute atomic E-state index is 10.0. The molecule has 1 rings (SSSR count). The molecule has 0 spiro atoms. The molecule has 0 aromatic carbocycles. The van der Waals surface area contributed by atoms with Crippen molar-refractivity contribution in [2.75, 3.05) is 13.1 Å². The molecule has 1 atom stereocenters. The molecular formula is C27H47N3O4. The number of carboxylic acid groups (broad SMARTS) is 2. The molecule has 7 nitrogen and oxygen atoms in total. The maximum atomic E-state index is 10.0. The quantitative estimate of drug-likeness (QED) is 0.321. The third kappa shape index (κ3) is 16.2. The Hall–Kier alpha value is -2.48. The maximum Gasteiger partial charge on any atom is 0.320 e. The van der Waals surface area contributed by atoms with Crippen molar-refractivity contribution in [3.8, 4) is 0 Å². The molecule has 7 heteroatoms. The second-order valence-corrected chi connectivity index (χ2v) is 9.42. The molecule has 8 N–H and O–H groups in total. The molecule has 0 aromatic rings. The molecule has 0 fully saturated rings. The number of rotatable bonds is 8. The van der Waals surface area contributed by atoms with Crippen LogP contribution in [0.1, 0.15) is 67.7 Å². The van der Waals surface area contributed by atoms with E-state index in [0.29, 0.717) is 12.0 Å². The van der Waals surface area contributed by atoms with Gasteiger partial charge in [-0.05, 0) is 56.9 Å². The summed E-state index contributed by atoms with van der Waals surface area (Å²) in [7, 11) is 0. The van der Waals surface area contributed by atoms with E-state index in [9.17, 15) is 9.59 Å². The van der Waals surface area contributed by atoms with E-state index < -0.39 is 18.0 Å².